The first-order valence-corrected chi connectivity index (χ1v) is 4.01. The Hall–Kier alpha value is -0.390. The highest BCUT2D eigenvalue weighted by Gasteiger charge is 2.09. The minimum absolute atomic E-state index is 0.634. The van der Waals surface area contributed by atoms with Gasteiger partial charge in [0.15, 0.2) is 0 Å². The first-order chi connectivity index (χ1) is 4.83. The van der Waals surface area contributed by atoms with E-state index < -0.39 is 0 Å². The second-order valence-corrected chi connectivity index (χ2v) is 3.18. The van der Waals surface area contributed by atoms with Gasteiger partial charge in [-0.2, -0.15) is 0 Å². The van der Waals surface area contributed by atoms with Crippen LogP contribution in [0.1, 0.15) is 19.3 Å². The summed E-state index contributed by atoms with van der Waals surface area (Å²) in [7, 11) is 0. The summed E-state index contributed by atoms with van der Waals surface area (Å²) in [6.45, 7) is 3.55. The molecular weight excluding hydrogens is 140 g/mol. The maximum Gasteiger partial charge on any atom is -0.0109 e. The van der Waals surface area contributed by atoms with Crippen LogP contribution in [0.2, 0.25) is 0 Å². The number of allylic oxidation sites excluding steroid dienone is 3. The highest BCUT2D eigenvalue weighted by molar-refractivity contribution is 7.84. The summed E-state index contributed by atoms with van der Waals surface area (Å²) >= 11 is 4.31. The van der Waals surface area contributed by atoms with Gasteiger partial charge in [0.05, 0.1) is 0 Å². The van der Waals surface area contributed by atoms with Crippen molar-refractivity contribution in [3.8, 4) is 0 Å². The van der Waals surface area contributed by atoms with Crippen molar-refractivity contribution in [2.75, 3.05) is 0 Å². The molecule has 0 aromatic heterocycles. The van der Waals surface area contributed by atoms with Crippen LogP contribution >= 0.6 is 12.6 Å². The smallest absolute Gasteiger partial charge is 0.0109 e. The van der Waals surface area contributed by atoms with Gasteiger partial charge >= 0.3 is 0 Å². The first kappa shape index (κ1) is 7.71. The maximum atomic E-state index is 4.31. The minimum Gasteiger partial charge on any atom is -0.148 e. The maximum absolute atomic E-state index is 4.31. The van der Waals surface area contributed by atoms with Crippen molar-refractivity contribution in [2.45, 2.75) is 19.3 Å². The van der Waals surface area contributed by atoms with E-state index in [1.54, 1.807) is 0 Å². The molecule has 1 rings (SSSR count). The van der Waals surface area contributed by atoms with Gasteiger partial charge in [-0.3, -0.25) is 0 Å². The van der Waals surface area contributed by atoms with Crippen molar-refractivity contribution in [3.63, 3.8) is 0 Å². The second kappa shape index (κ2) is 3.70. The van der Waals surface area contributed by atoms with E-state index in [-0.39, 0.29) is 0 Å². The fraction of sp³-hybridized carbons (Fsp3) is 0.444. The molecule has 0 nitrogen and oxygen atoms in total. The van der Waals surface area contributed by atoms with Gasteiger partial charge in [-0.05, 0) is 36.2 Å². The van der Waals surface area contributed by atoms with Gasteiger partial charge in [0.25, 0.3) is 0 Å². The third kappa shape index (κ3) is 2.09. The summed E-state index contributed by atoms with van der Waals surface area (Å²) in [4.78, 5) is 1.21. The predicted molar refractivity (Wildman–Crippen MR) is 48.1 cm³/mol. The molecule has 0 amide bonds. The molecule has 0 aromatic rings. The fourth-order valence-electron chi connectivity index (χ4n) is 1.23. The summed E-state index contributed by atoms with van der Waals surface area (Å²) in [5, 5.41) is 0. The molecule has 0 saturated heterocycles. The lowest BCUT2D eigenvalue weighted by molar-refractivity contribution is 0.580. The lowest BCUT2D eigenvalue weighted by atomic mass is 9.94. The Bertz CT molecular complexity index is 185. The van der Waals surface area contributed by atoms with Crippen LogP contribution in [0.3, 0.4) is 0 Å². The molecule has 0 radical (unpaired) electrons. The highest BCUT2D eigenvalue weighted by atomic mass is 32.1. The lowest BCUT2D eigenvalue weighted by Gasteiger charge is -2.15. The molecule has 54 valence electrons. The van der Waals surface area contributed by atoms with E-state index in [4.69, 9.17) is 0 Å². The third-order valence-corrected chi connectivity index (χ3v) is 2.11. The topological polar surface area (TPSA) is 0 Å². The van der Waals surface area contributed by atoms with Crippen LogP contribution in [0, 0.1) is 5.92 Å². The highest BCUT2D eigenvalue weighted by Crippen LogP contribution is 2.26. The Morgan fingerprint density at radius 2 is 2.60 bits per heavy atom. The van der Waals surface area contributed by atoms with Crippen molar-refractivity contribution in [1.82, 2.24) is 0 Å². The molecule has 0 spiro atoms. The number of hydrogen-bond donors (Lipinski definition) is 1. The van der Waals surface area contributed by atoms with Crippen LogP contribution in [0.5, 0.6) is 0 Å². The molecule has 1 unspecified atom stereocenters. The summed E-state index contributed by atoms with van der Waals surface area (Å²) in [6, 6.07) is 0. The molecule has 0 aromatic carbocycles. The SMILES string of the molecule is C=C=CC1CCC=C(S)C1. The Balaban J connectivity index is 2.53. The molecule has 0 heterocycles. The van der Waals surface area contributed by atoms with Gasteiger partial charge in [-0.15, -0.1) is 18.4 Å². The summed E-state index contributed by atoms with van der Waals surface area (Å²) in [5.74, 6) is 0.634. The predicted octanol–water partition coefficient (Wildman–Crippen LogP) is 2.94. The molecule has 1 heteroatoms. The first-order valence-electron chi connectivity index (χ1n) is 3.57. The van der Waals surface area contributed by atoms with Gasteiger partial charge in [-0.1, -0.05) is 12.7 Å². The van der Waals surface area contributed by atoms with Crippen molar-refractivity contribution in [1.29, 1.82) is 0 Å². The largest absolute Gasteiger partial charge is 0.148 e. The van der Waals surface area contributed by atoms with Gasteiger partial charge in [0.2, 0.25) is 0 Å². The van der Waals surface area contributed by atoms with Crippen LogP contribution in [0.4, 0.5) is 0 Å². The van der Waals surface area contributed by atoms with Crippen LogP contribution in [-0.2, 0) is 0 Å². The molecule has 0 N–H and O–H groups in total. The van der Waals surface area contributed by atoms with Crippen LogP contribution in [0.25, 0.3) is 0 Å². The van der Waals surface area contributed by atoms with E-state index in [9.17, 15) is 0 Å². The Labute approximate surface area is 67.7 Å². The Morgan fingerprint density at radius 3 is 3.20 bits per heavy atom. The zero-order chi connectivity index (χ0) is 7.40. The van der Waals surface area contributed by atoms with E-state index >= 15 is 0 Å². The van der Waals surface area contributed by atoms with Crippen molar-refractivity contribution in [3.05, 3.63) is 29.4 Å². The van der Waals surface area contributed by atoms with Crippen molar-refractivity contribution in [2.24, 2.45) is 5.92 Å². The van der Waals surface area contributed by atoms with Crippen LogP contribution < -0.4 is 0 Å². The molecule has 1 aliphatic carbocycles. The summed E-state index contributed by atoms with van der Waals surface area (Å²) < 4.78 is 0. The van der Waals surface area contributed by atoms with E-state index in [0.29, 0.717) is 5.92 Å². The average Bonchev–Trinajstić information content (AvgIpc) is 1.88. The van der Waals surface area contributed by atoms with Gasteiger partial charge in [-0.25, -0.2) is 0 Å². The summed E-state index contributed by atoms with van der Waals surface area (Å²) in [6.07, 6.45) is 7.69. The number of thiol groups is 1. The van der Waals surface area contributed by atoms with E-state index in [2.05, 4.69) is 31.0 Å². The van der Waals surface area contributed by atoms with E-state index in [1.807, 2.05) is 6.08 Å². The second-order valence-electron chi connectivity index (χ2n) is 2.61. The molecule has 0 saturated carbocycles. The average molecular weight is 152 g/mol. The monoisotopic (exact) mass is 152 g/mol. The van der Waals surface area contributed by atoms with Crippen molar-refractivity contribution < 1.29 is 0 Å². The molecule has 10 heavy (non-hydrogen) atoms. The number of rotatable bonds is 1. The van der Waals surface area contributed by atoms with Gasteiger partial charge < -0.3 is 0 Å². The van der Waals surface area contributed by atoms with E-state index in [0.717, 1.165) is 12.8 Å². The third-order valence-electron chi connectivity index (χ3n) is 1.74. The Morgan fingerprint density at radius 1 is 1.80 bits per heavy atom. The standard InChI is InChI=1S/C9H12S/c1-2-4-8-5-3-6-9(10)7-8/h4,6,8,10H,1,3,5,7H2. The zero-order valence-corrected chi connectivity index (χ0v) is 6.90. The Kier molecular flexibility index (Phi) is 2.85. The fourth-order valence-corrected chi connectivity index (χ4v) is 1.59. The molecule has 0 fully saturated rings. The normalized spacial score (nSPS) is 24.9. The van der Waals surface area contributed by atoms with Gasteiger partial charge in [0, 0.05) is 0 Å². The van der Waals surface area contributed by atoms with Gasteiger partial charge in [0.1, 0.15) is 0 Å². The van der Waals surface area contributed by atoms with Crippen molar-refractivity contribution >= 4 is 12.6 Å². The zero-order valence-electron chi connectivity index (χ0n) is 6.01. The molecule has 0 aliphatic heterocycles. The molecule has 1 atom stereocenters. The van der Waals surface area contributed by atoms with E-state index in [1.165, 1.54) is 11.3 Å². The number of hydrogen-bond acceptors (Lipinski definition) is 1. The molecule has 1 aliphatic rings. The summed E-state index contributed by atoms with van der Waals surface area (Å²) in [5.41, 5.74) is 2.82. The quantitative estimate of drug-likeness (QED) is 0.433. The lowest BCUT2D eigenvalue weighted by Crippen LogP contribution is -2.00. The van der Waals surface area contributed by atoms with Crippen LogP contribution in [-0.4, -0.2) is 0 Å². The minimum atomic E-state index is 0.634. The molecule has 0 bridgehead atoms. The molecular formula is C9H12S. The van der Waals surface area contributed by atoms with Crippen LogP contribution in [0.15, 0.2) is 29.4 Å².